The third kappa shape index (κ3) is 3.98. The minimum absolute atomic E-state index is 0.140. The van der Waals surface area contributed by atoms with Crippen LogP contribution >= 0.6 is 0 Å². The van der Waals surface area contributed by atoms with E-state index in [1.165, 1.54) is 29.8 Å². The highest BCUT2D eigenvalue weighted by Gasteiger charge is 2.12. The van der Waals surface area contributed by atoms with Gasteiger partial charge in [-0.15, -0.1) is 0 Å². The maximum absolute atomic E-state index is 12.2. The molecule has 0 fully saturated rings. The predicted molar refractivity (Wildman–Crippen MR) is 108 cm³/mol. The highest BCUT2D eigenvalue weighted by molar-refractivity contribution is 5.95. The molecule has 0 aliphatic rings. The Balaban J connectivity index is 1.77. The Kier molecular flexibility index (Phi) is 5.35. The van der Waals surface area contributed by atoms with E-state index in [0.29, 0.717) is 0 Å². The molecule has 2 aromatic carbocycles. The topological polar surface area (TPSA) is 89.5 Å². The van der Waals surface area contributed by atoms with E-state index in [9.17, 15) is 14.9 Å². The number of amides is 1. The van der Waals surface area contributed by atoms with Crippen LogP contribution in [0.15, 0.2) is 59.7 Å². The number of benzene rings is 2. The average molecular weight is 376 g/mol. The molecule has 7 heteroatoms. The summed E-state index contributed by atoms with van der Waals surface area (Å²) in [7, 11) is 0. The number of hydrogen-bond donors (Lipinski definition) is 1. The molecule has 7 nitrogen and oxygen atoms in total. The first kappa shape index (κ1) is 19.0. The Morgan fingerprint density at radius 3 is 2.50 bits per heavy atom. The number of nitrogens with one attached hydrogen (secondary N) is 1. The molecule has 0 unspecified atom stereocenters. The fourth-order valence-corrected chi connectivity index (χ4v) is 3.00. The Labute approximate surface area is 162 Å². The summed E-state index contributed by atoms with van der Waals surface area (Å²) >= 11 is 0. The van der Waals surface area contributed by atoms with Crippen molar-refractivity contribution in [2.75, 3.05) is 0 Å². The maximum atomic E-state index is 12.2. The van der Waals surface area contributed by atoms with Gasteiger partial charge in [0.05, 0.1) is 11.1 Å². The molecule has 0 aliphatic heterocycles. The van der Waals surface area contributed by atoms with Crippen molar-refractivity contribution in [3.63, 3.8) is 0 Å². The number of non-ortho nitro benzene ring substituents is 1. The molecule has 0 atom stereocenters. The van der Waals surface area contributed by atoms with Gasteiger partial charge >= 0.3 is 0 Å². The lowest BCUT2D eigenvalue weighted by molar-refractivity contribution is -0.384. The van der Waals surface area contributed by atoms with Gasteiger partial charge in [0.15, 0.2) is 0 Å². The molecule has 28 heavy (non-hydrogen) atoms. The minimum atomic E-state index is -0.542. The number of hydrazone groups is 1. The van der Waals surface area contributed by atoms with Gasteiger partial charge < -0.3 is 4.57 Å². The minimum Gasteiger partial charge on any atom is -0.318 e. The molecule has 0 aliphatic carbocycles. The van der Waals surface area contributed by atoms with E-state index >= 15 is 0 Å². The second kappa shape index (κ2) is 7.87. The second-order valence-corrected chi connectivity index (χ2v) is 6.50. The van der Waals surface area contributed by atoms with Gasteiger partial charge in [0.1, 0.15) is 0 Å². The predicted octanol–water partition coefficient (Wildman–Crippen LogP) is 4.07. The summed E-state index contributed by atoms with van der Waals surface area (Å²) in [5.74, 6) is -0.507. The summed E-state index contributed by atoms with van der Waals surface area (Å²) < 4.78 is 2.11. The van der Waals surface area contributed by atoms with Crippen LogP contribution in [-0.4, -0.2) is 21.6 Å². The van der Waals surface area contributed by atoms with Gasteiger partial charge in [0, 0.05) is 40.3 Å². The number of nitrogens with zero attached hydrogens (tertiary/aromatic N) is 3. The number of rotatable bonds is 5. The fraction of sp³-hybridized carbons (Fsp3) is 0.143. The maximum Gasteiger partial charge on any atom is 0.271 e. The van der Waals surface area contributed by atoms with Crippen molar-refractivity contribution < 1.29 is 9.72 Å². The summed E-state index contributed by atoms with van der Waals surface area (Å²) in [5, 5.41) is 14.8. The van der Waals surface area contributed by atoms with Crippen LogP contribution in [0.5, 0.6) is 0 Å². The molecule has 0 saturated carbocycles. The molecule has 142 valence electrons. The van der Waals surface area contributed by atoms with Gasteiger partial charge in [0.25, 0.3) is 11.6 Å². The summed E-state index contributed by atoms with van der Waals surface area (Å²) in [6, 6.07) is 15.7. The van der Waals surface area contributed by atoms with Crippen molar-refractivity contribution in [1.29, 1.82) is 0 Å². The quantitative estimate of drug-likeness (QED) is 0.413. The number of aromatic nitrogens is 1. The first-order valence-electron chi connectivity index (χ1n) is 8.70. The highest BCUT2D eigenvalue weighted by Crippen LogP contribution is 2.20. The van der Waals surface area contributed by atoms with Crippen molar-refractivity contribution >= 4 is 17.8 Å². The summed E-state index contributed by atoms with van der Waals surface area (Å²) in [5.41, 5.74) is 7.62. The normalized spacial score (nSPS) is 11.0. The number of carbonyl (C=O) groups excluding carboxylic acids is 1. The first-order valence-corrected chi connectivity index (χ1v) is 8.70. The Morgan fingerprint density at radius 2 is 1.82 bits per heavy atom. The van der Waals surface area contributed by atoms with Crippen LogP contribution < -0.4 is 5.43 Å². The Hall–Kier alpha value is -3.74. The van der Waals surface area contributed by atoms with Crippen LogP contribution in [0.2, 0.25) is 0 Å². The number of carbonyl (C=O) groups is 1. The van der Waals surface area contributed by atoms with E-state index in [4.69, 9.17) is 0 Å². The zero-order valence-electron chi connectivity index (χ0n) is 15.8. The first-order chi connectivity index (χ1) is 13.4. The van der Waals surface area contributed by atoms with Gasteiger partial charge in [-0.2, -0.15) is 5.10 Å². The number of hydrogen-bond acceptors (Lipinski definition) is 4. The molecule has 1 amide bonds. The molecule has 0 radical (unpaired) electrons. The lowest BCUT2D eigenvalue weighted by Crippen LogP contribution is -2.17. The molecule has 1 aromatic heterocycles. The van der Waals surface area contributed by atoms with E-state index < -0.39 is 10.8 Å². The molecule has 0 saturated heterocycles. The summed E-state index contributed by atoms with van der Waals surface area (Å²) in [4.78, 5) is 22.4. The monoisotopic (exact) mass is 376 g/mol. The zero-order valence-corrected chi connectivity index (χ0v) is 15.8. The lowest BCUT2D eigenvalue weighted by atomic mass is 10.2. The van der Waals surface area contributed by atoms with Crippen LogP contribution in [0.25, 0.3) is 5.69 Å². The van der Waals surface area contributed by atoms with E-state index in [1.807, 2.05) is 26.8 Å². The van der Waals surface area contributed by atoms with Gasteiger partial charge in [-0.1, -0.05) is 23.8 Å². The van der Waals surface area contributed by atoms with Gasteiger partial charge in [-0.25, -0.2) is 5.43 Å². The largest absolute Gasteiger partial charge is 0.318 e. The van der Waals surface area contributed by atoms with E-state index in [0.717, 1.165) is 22.6 Å². The summed E-state index contributed by atoms with van der Waals surface area (Å²) in [6.07, 6.45) is 1.57. The average Bonchev–Trinajstić information content (AvgIpc) is 2.96. The van der Waals surface area contributed by atoms with E-state index in [2.05, 4.69) is 39.4 Å². The zero-order chi connectivity index (χ0) is 20.3. The van der Waals surface area contributed by atoms with Crippen molar-refractivity contribution in [2.45, 2.75) is 20.8 Å². The van der Waals surface area contributed by atoms with Crippen LogP contribution in [0, 0.1) is 30.9 Å². The number of nitro benzene ring substituents is 1. The SMILES string of the molecule is Cc1ccc(-n2c(C)cc(/C=N\NC(=O)c3cccc([N+](=O)[O-])c3)c2C)cc1. The molecule has 1 N–H and O–H groups in total. The summed E-state index contributed by atoms with van der Waals surface area (Å²) in [6.45, 7) is 6.03. The van der Waals surface area contributed by atoms with Crippen molar-refractivity contribution in [1.82, 2.24) is 9.99 Å². The van der Waals surface area contributed by atoms with Crippen LogP contribution in [-0.2, 0) is 0 Å². The molecule has 0 spiro atoms. The Morgan fingerprint density at radius 1 is 1.11 bits per heavy atom. The van der Waals surface area contributed by atoms with Crippen molar-refractivity contribution in [3.05, 3.63) is 92.8 Å². The van der Waals surface area contributed by atoms with Crippen LogP contribution in [0.4, 0.5) is 5.69 Å². The molecule has 0 bridgehead atoms. The van der Waals surface area contributed by atoms with Crippen molar-refractivity contribution in [3.8, 4) is 5.69 Å². The third-order valence-electron chi connectivity index (χ3n) is 4.45. The smallest absolute Gasteiger partial charge is 0.271 e. The van der Waals surface area contributed by atoms with E-state index in [1.54, 1.807) is 6.21 Å². The third-order valence-corrected chi connectivity index (χ3v) is 4.45. The van der Waals surface area contributed by atoms with Crippen LogP contribution in [0.1, 0.15) is 32.9 Å². The van der Waals surface area contributed by atoms with Gasteiger partial charge in [-0.05, 0) is 45.0 Å². The number of nitro groups is 1. The molecule has 3 rings (SSSR count). The molecular formula is C21H20N4O3. The second-order valence-electron chi connectivity index (χ2n) is 6.50. The van der Waals surface area contributed by atoms with E-state index in [-0.39, 0.29) is 11.3 Å². The van der Waals surface area contributed by atoms with Crippen molar-refractivity contribution in [2.24, 2.45) is 5.10 Å². The fourth-order valence-electron chi connectivity index (χ4n) is 3.00. The molecule has 1 heterocycles. The highest BCUT2D eigenvalue weighted by atomic mass is 16.6. The van der Waals surface area contributed by atoms with Gasteiger partial charge in [-0.3, -0.25) is 14.9 Å². The lowest BCUT2D eigenvalue weighted by Gasteiger charge is -2.09. The Bertz CT molecular complexity index is 1070. The van der Waals surface area contributed by atoms with Crippen LogP contribution in [0.3, 0.4) is 0 Å². The molecule has 3 aromatic rings. The standard InChI is InChI=1S/C21H20N4O3/c1-14-7-9-19(10-8-14)24-15(2)11-18(16(24)3)13-22-23-21(26)17-5-4-6-20(12-17)25(27)28/h4-13H,1-3H3,(H,23,26)/b22-13-. The van der Waals surface area contributed by atoms with Gasteiger partial charge in [0.2, 0.25) is 0 Å². The molecular weight excluding hydrogens is 356 g/mol. The number of aryl methyl sites for hydroxylation is 2.